The monoisotopic (exact) mass is 331 g/mol. The summed E-state index contributed by atoms with van der Waals surface area (Å²) in [4.78, 5) is 18.3. The van der Waals surface area contributed by atoms with Crippen molar-refractivity contribution in [1.82, 2.24) is 10.1 Å². The summed E-state index contributed by atoms with van der Waals surface area (Å²) in [6, 6.07) is 8.00. The van der Waals surface area contributed by atoms with Gasteiger partial charge in [-0.25, -0.2) is 0 Å². The van der Waals surface area contributed by atoms with Gasteiger partial charge in [0.1, 0.15) is 5.75 Å². The molecule has 0 N–H and O–H groups in total. The molecule has 0 saturated carbocycles. The van der Waals surface area contributed by atoms with E-state index in [1.807, 2.05) is 36.1 Å². The molecule has 3 rings (SSSR count). The van der Waals surface area contributed by atoms with Crippen LogP contribution in [0, 0.1) is 5.92 Å². The summed E-state index contributed by atoms with van der Waals surface area (Å²) in [6.07, 6.45) is 1.46. The van der Waals surface area contributed by atoms with Gasteiger partial charge in [0.25, 0.3) is 0 Å². The number of hydrogen-bond acceptors (Lipinski definition) is 7. The highest BCUT2D eigenvalue weighted by Gasteiger charge is 2.28. The normalized spacial score (nSPS) is 15.3. The van der Waals surface area contributed by atoms with E-state index in [9.17, 15) is 4.79 Å². The molecule has 0 unspecified atom stereocenters. The Morgan fingerprint density at radius 1 is 1.38 bits per heavy atom. The topological polar surface area (TPSA) is 77.7 Å². The van der Waals surface area contributed by atoms with Gasteiger partial charge < -0.3 is 18.9 Å². The molecule has 0 radical (unpaired) electrons. The van der Waals surface area contributed by atoms with Gasteiger partial charge in [-0.05, 0) is 31.9 Å². The molecule has 1 fully saturated rings. The largest absolute Gasteiger partial charge is 0.497 e. The van der Waals surface area contributed by atoms with Gasteiger partial charge in [0.05, 0.1) is 19.6 Å². The zero-order valence-corrected chi connectivity index (χ0v) is 13.9. The zero-order valence-electron chi connectivity index (χ0n) is 13.9. The van der Waals surface area contributed by atoms with Gasteiger partial charge in [-0.15, -0.1) is 0 Å². The van der Waals surface area contributed by atoms with E-state index in [4.69, 9.17) is 14.0 Å². The molecule has 2 heterocycles. The Hall–Kier alpha value is -2.57. The summed E-state index contributed by atoms with van der Waals surface area (Å²) in [5.74, 6) is 1.12. The van der Waals surface area contributed by atoms with E-state index in [0.717, 1.165) is 24.2 Å². The number of ether oxygens (including phenoxy) is 2. The number of methoxy groups -OCH3 is 1. The lowest BCUT2D eigenvalue weighted by molar-refractivity contribution is -0.148. The Bertz CT molecular complexity index is 693. The van der Waals surface area contributed by atoms with Gasteiger partial charge in [0, 0.05) is 18.7 Å². The van der Waals surface area contributed by atoms with Crippen LogP contribution in [0.15, 0.2) is 28.8 Å². The van der Waals surface area contributed by atoms with Crippen molar-refractivity contribution in [3.05, 3.63) is 24.3 Å². The smallest absolute Gasteiger partial charge is 0.324 e. The summed E-state index contributed by atoms with van der Waals surface area (Å²) < 4.78 is 15.7. The van der Waals surface area contributed by atoms with Crippen molar-refractivity contribution in [1.29, 1.82) is 0 Å². The average Bonchev–Trinajstić information content (AvgIpc) is 3.12. The number of piperidine rings is 1. The fraction of sp³-hybridized carbons (Fsp3) is 0.471. The summed E-state index contributed by atoms with van der Waals surface area (Å²) in [5, 5.41) is 4.05. The Morgan fingerprint density at radius 2 is 2.17 bits per heavy atom. The molecular formula is C17H21N3O4. The maximum Gasteiger partial charge on any atom is 0.324 e. The summed E-state index contributed by atoms with van der Waals surface area (Å²) in [6.45, 7) is 3.64. The molecule has 1 saturated heterocycles. The first-order chi connectivity index (χ1) is 11.7. The van der Waals surface area contributed by atoms with E-state index in [1.165, 1.54) is 0 Å². The second kappa shape index (κ2) is 7.33. The molecule has 7 nitrogen and oxygen atoms in total. The van der Waals surface area contributed by atoms with Crippen LogP contribution in [0.25, 0.3) is 11.4 Å². The van der Waals surface area contributed by atoms with Gasteiger partial charge >= 0.3 is 12.0 Å². The fourth-order valence-electron chi connectivity index (χ4n) is 2.79. The number of hydrogen-bond donors (Lipinski definition) is 0. The maximum absolute atomic E-state index is 11.8. The Labute approximate surface area is 140 Å². The number of carbonyl (C=O) groups is 1. The molecule has 128 valence electrons. The first-order valence-corrected chi connectivity index (χ1v) is 8.11. The van der Waals surface area contributed by atoms with Crippen molar-refractivity contribution in [3.8, 4) is 17.1 Å². The number of aromatic nitrogens is 2. The van der Waals surface area contributed by atoms with E-state index < -0.39 is 0 Å². The van der Waals surface area contributed by atoms with Crippen LogP contribution in [0.2, 0.25) is 0 Å². The molecule has 1 aromatic carbocycles. The minimum absolute atomic E-state index is 0.0398. The van der Waals surface area contributed by atoms with Crippen molar-refractivity contribution < 1.29 is 18.8 Å². The van der Waals surface area contributed by atoms with E-state index in [-0.39, 0.29) is 11.9 Å². The van der Waals surface area contributed by atoms with Gasteiger partial charge in [-0.3, -0.25) is 4.79 Å². The quantitative estimate of drug-likeness (QED) is 0.779. The molecule has 24 heavy (non-hydrogen) atoms. The second-order valence-electron chi connectivity index (χ2n) is 5.65. The number of esters is 1. The van der Waals surface area contributed by atoms with E-state index in [2.05, 4.69) is 10.1 Å². The summed E-state index contributed by atoms with van der Waals surface area (Å²) in [7, 11) is 1.62. The van der Waals surface area contributed by atoms with Crippen LogP contribution in [0.5, 0.6) is 5.75 Å². The molecule has 0 amide bonds. The van der Waals surface area contributed by atoms with Crippen molar-refractivity contribution in [2.45, 2.75) is 19.8 Å². The SMILES string of the molecule is CCOC(=O)C1CCN(c2nc(-c3cccc(OC)c3)no2)CC1. The summed E-state index contributed by atoms with van der Waals surface area (Å²) in [5.41, 5.74) is 0.839. The highest BCUT2D eigenvalue weighted by atomic mass is 16.5. The van der Waals surface area contributed by atoms with Crippen LogP contribution in [-0.2, 0) is 9.53 Å². The van der Waals surface area contributed by atoms with Gasteiger partial charge in [-0.1, -0.05) is 17.3 Å². The highest BCUT2D eigenvalue weighted by molar-refractivity contribution is 5.72. The minimum atomic E-state index is -0.111. The summed E-state index contributed by atoms with van der Waals surface area (Å²) >= 11 is 0. The van der Waals surface area contributed by atoms with Crippen LogP contribution in [0.3, 0.4) is 0 Å². The first-order valence-electron chi connectivity index (χ1n) is 8.11. The molecule has 0 aliphatic carbocycles. The predicted molar refractivity (Wildman–Crippen MR) is 87.9 cm³/mol. The highest BCUT2D eigenvalue weighted by Crippen LogP contribution is 2.26. The van der Waals surface area contributed by atoms with Crippen LogP contribution >= 0.6 is 0 Å². The molecule has 1 aliphatic rings. The van der Waals surface area contributed by atoms with Crippen molar-refractivity contribution >= 4 is 12.0 Å². The Kier molecular flexibility index (Phi) is 4.98. The van der Waals surface area contributed by atoms with Crippen LogP contribution in [0.4, 0.5) is 6.01 Å². The molecule has 0 spiro atoms. The van der Waals surface area contributed by atoms with Gasteiger partial charge in [-0.2, -0.15) is 4.98 Å². The van der Waals surface area contributed by atoms with E-state index in [1.54, 1.807) is 7.11 Å². The van der Waals surface area contributed by atoms with Gasteiger partial charge in [0.15, 0.2) is 0 Å². The van der Waals surface area contributed by atoms with Crippen molar-refractivity contribution in [2.24, 2.45) is 5.92 Å². The van der Waals surface area contributed by atoms with E-state index >= 15 is 0 Å². The van der Waals surface area contributed by atoms with Crippen molar-refractivity contribution in [3.63, 3.8) is 0 Å². The molecule has 0 atom stereocenters. The van der Waals surface area contributed by atoms with Crippen LogP contribution in [-0.4, -0.2) is 42.9 Å². The standard InChI is InChI=1S/C17H21N3O4/c1-3-23-16(21)12-7-9-20(10-8-12)17-18-15(19-24-17)13-5-4-6-14(11-13)22-2/h4-6,11-12H,3,7-10H2,1-2H3. The number of benzene rings is 1. The molecular weight excluding hydrogens is 310 g/mol. The molecule has 0 bridgehead atoms. The zero-order chi connectivity index (χ0) is 16.9. The van der Waals surface area contributed by atoms with Crippen molar-refractivity contribution in [2.75, 3.05) is 31.7 Å². The number of carbonyl (C=O) groups excluding carboxylic acids is 1. The third-order valence-electron chi connectivity index (χ3n) is 4.13. The lowest BCUT2D eigenvalue weighted by atomic mass is 9.97. The molecule has 2 aromatic rings. The van der Waals surface area contributed by atoms with Crippen LogP contribution in [0.1, 0.15) is 19.8 Å². The third-order valence-corrected chi connectivity index (χ3v) is 4.13. The minimum Gasteiger partial charge on any atom is -0.497 e. The maximum atomic E-state index is 11.8. The first kappa shape index (κ1) is 16.3. The van der Waals surface area contributed by atoms with Crippen LogP contribution < -0.4 is 9.64 Å². The lowest BCUT2D eigenvalue weighted by Gasteiger charge is -2.29. The average molecular weight is 331 g/mol. The Balaban J connectivity index is 1.65. The number of nitrogens with zero attached hydrogens (tertiary/aromatic N) is 3. The van der Waals surface area contributed by atoms with Gasteiger partial charge in [0.2, 0.25) is 5.82 Å². The molecule has 1 aromatic heterocycles. The molecule has 1 aliphatic heterocycles. The third kappa shape index (κ3) is 3.50. The lowest BCUT2D eigenvalue weighted by Crippen LogP contribution is -2.37. The van der Waals surface area contributed by atoms with E-state index in [0.29, 0.717) is 31.5 Å². The molecule has 7 heteroatoms. The Morgan fingerprint density at radius 3 is 2.88 bits per heavy atom. The predicted octanol–water partition coefficient (Wildman–Crippen LogP) is 2.52. The fourth-order valence-corrected chi connectivity index (χ4v) is 2.79. The number of rotatable bonds is 5. The second-order valence-corrected chi connectivity index (χ2v) is 5.65. The number of anilines is 1.